The van der Waals surface area contributed by atoms with Gasteiger partial charge in [0.25, 0.3) is 0 Å². The monoisotopic (exact) mass is 263 g/mol. The van der Waals surface area contributed by atoms with Crippen molar-refractivity contribution in [1.82, 2.24) is 0 Å². The lowest BCUT2D eigenvalue weighted by molar-refractivity contribution is 0.146. The summed E-state index contributed by atoms with van der Waals surface area (Å²) in [5.41, 5.74) is 9.29. The first-order chi connectivity index (χ1) is 8.85. The van der Waals surface area contributed by atoms with Gasteiger partial charge in [0, 0.05) is 13.7 Å². The van der Waals surface area contributed by atoms with Gasteiger partial charge in [0.05, 0.1) is 6.61 Å². The standard InChI is InChI=1S/C14H17NO2S/c1-16-6-7-17-13-4-2-11(3-5-13)14-10-18-9-12(14)8-15/h2-5,9-10H,6-8,15H2,1H3. The normalized spacial score (nSPS) is 10.6. The fourth-order valence-electron chi connectivity index (χ4n) is 1.71. The molecule has 2 rings (SSSR count). The molecule has 0 atom stereocenters. The van der Waals surface area contributed by atoms with E-state index in [-0.39, 0.29) is 0 Å². The summed E-state index contributed by atoms with van der Waals surface area (Å²) in [6.45, 7) is 1.75. The quantitative estimate of drug-likeness (QED) is 0.815. The maximum Gasteiger partial charge on any atom is 0.119 e. The van der Waals surface area contributed by atoms with Crippen LogP contribution in [0.15, 0.2) is 35.0 Å². The van der Waals surface area contributed by atoms with Crippen molar-refractivity contribution in [3.8, 4) is 16.9 Å². The SMILES string of the molecule is COCCOc1ccc(-c2cscc2CN)cc1. The first kappa shape index (κ1) is 13.1. The summed E-state index contributed by atoms with van der Waals surface area (Å²) in [4.78, 5) is 0. The molecule has 1 aromatic heterocycles. The molecule has 0 bridgehead atoms. The Morgan fingerprint density at radius 3 is 2.56 bits per heavy atom. The molecular weight excluding hydrogens is 246 g/mol. The van der Waals surface area contributed by atoms with Crippen molar-refractivity contribution >= 4 is 11.3 Å². The second kappa shape index (κ2) is 6.54. The zero-order valence-electron chi connectivity index (χ0n) is 10.4. The lowest BCUT2D eigenvalue weighted by Gasteiger charge is -2.07. The fraction of sp³-hybridized carbons (Fsp3) is 0.286. The molecule has 3 nitrogen and oxygen atoms in total. The Balaban J connectivity index is 2.07. The molecule has 0 unspecified atom stereocenters. The van der Waals surface area contributed by atoms with E-state index >= 15 is 0 Å². The molecule has 2 aromatic rings. The summed E-state index contributed by atoms with van der Waals surface area (Å²) in [6.07, 6.45) is 0. The third kappa shape index (κ3) is 3.10. The van der Waals surface area contributed by atoms with Crippen LogP contribution in [0.25, 0.3) is 11.1 Å². The third-order valence-corrected chi connectivity index (χ3v) is 3.48. The van der Waals surface area contributed by atoms with E-state index in [1.54, 1.807) is 18.4 Å². The van der Waals surface area contributed by atoms with Crippen LogP contribution in [0.5, 0.6) is 5.75 Å². The van der Waals surface area contributed by atoms with E-state index in [0.717, 1.165) is 5.75 Å². The molecule has 0 saturated heterocycles. The maximum absolute atomic E-state index is 5.71. The lowest BCUT2D eigenvalue weighted by Crippen LogP contribution is -2.03. The molecule has 18 heavy (non-hydrogen) atoms. The summed E-state index contributed by atoms with van der Waals surface area (Å²) in [5.74, 6) is 0.861. The number of hydrogen-bond acceptors (Lipinski definition) is 4. The topological polar surface area (TPSA) is 44.5 Å². The van der Waals surface area contributed by atoms with Crippen LogP contribution in [0.3, 0.4) is 0 Å². The van der Waals surface area contributed by atoms with E-state index in [1.807, 2.05) is 12.1 Å². The van der Waals surface area contributed by atoms with Crippen molar-refractivity contribution in [2.75, 3.05) is 20.3 Å². The van der Waals surface area contributed by atoms with E-state index in [9.17, 15) is 0 Å². The molecule has 0 fully saturated rings. The minimum atomic E-state index is 0.572. The predicted octanol–water partition coefficient (Wildman–Crippen LogP) is 2.90. The van der Waals surface area contributed by atoms with Gasteiger partial charge in [-0.15, -0.1) is 0 Å². The van der Waals surface area contributed by atoms with Crippen LogP contribution in [0, 0.1) is 0 Å². The number of nitrogens with two attached hydrogens (primary N) is 1. The fourth-order valence-corrected chi connectivity index (χ4v) is 2.59. The minimum absolute atomic E-state index is 0.572. The van der Waals surface area contributed by atoms with Crippen LogP contribution in [0.1, 0.15) is 5.56 Å². The van der Waals surface area contributed by atoms with Crippen LogP contribution in [-0.2, 0) is 11.3 Å². The number of methoxy groups -OCH3 is 1. The van der Waals surface area contributed by atoms with E-state index in [2.05, 4.69) is 22.9 Å². The van der Waals surface area contributed by atoms with Gasteiger partial charge in [-0.3, -0.25) is 0 Å². The second-order valence-corrected chi connectivity index (χ2v) is 4.62. The summed E-state index contributed by atoms with van der Waals surface area (Å²) < 4.78 is 10.5. The lowest BCUT2D eigenvalue weighted by atomic mass is 10.0. The molecule has 0 aliphatic heterocycles. The average molecular weight is 263 g/mol. The Hall–Kier alpha value is -1.36. The van der Waals surface area contributed by atoms with E-state index < -0.39 is 0 Å². The molecule has 2 N–H and O–H groups in total. The van der Waals surface area contributed by atoms with Gasteiger partial charge in [0.15, 0.2) is 0 Å². The molecule has 0 aliphatic carbocycles. The zero-order valence-corrected chi connectivity index (χ0v) is 11.2. The molecule has 0 radical (unpaired) electrons. The van der Waals surface area contributed by atoms with E-state index in [1.165, 1.54) is 16.7 Å². The Labute approximate surface area is 111 Å². The van der Waals surface area contributed by atoms with Crippen molar-refractivity contribution < 1.29 is 9.47 Å². The van der Waals surface area contributed by atoms with Crippen LogP contribution in [-0.4, -0.2) is 20.3 Å². The molecule has 0 amide bonds. The highest BCUT2D eigenvalue weighted by Crippen LogP contribution is 2.28. The van der Waals surface area contributed by atoms with Crippen molar-refractivity contribution in [3.05, 3.63) is 40.6 Å². The molecule has 1 aromatic carbocycles. The van der Waals surface area contributed by atoms with Gasteiger partial charge >= 0.3 is 0 Å². The Morgan fingerprint density at radius 1 is 1.11 bits per heavy atom. The van der Waals surface area contributed by atoms with Gasteiger partial charge in [0.1, 0.15) is 12.4 Å². The first-order valence-corrected chi connectivity index (χ1v) is 6.76. The smallest absolute Gasteiger partial charge is 0.119 e. The van der Waals surface area contributed by atoms with E-state index in [0.29, 0.717) is 19.8 Å². The van der Waals surface area contributed by atoms with Crippen molar-refractivity contribution in [1.29, 1.82) is 0 Å². The Morgan fingerprint density at radius 2 is 1.89 bits per heavy atom. The van der Waals surface area contributed by atoms with Gasteiger partial charge in [0.2, 0.25) is 0 Å². The summed E-state index contributed by atoms with van der Waals surface area (Å²) >= 11 is 1.68. The van der Waals surface area contributed by atoms with Gasteiger partial charge in [-0.25, -0.2) is 0 Å². The summed E-state index contributed by atoms with van der Waals surface area (Å²) in [6, 6.07) is 8.07. The van der Waals surface area contributed by atoms with E-state index in [4.69, 9.17) is 15.2 Å². The first-order valence-electron chi connectivity index (χ1n) is 5.82. The highest BCUT2D eigenvalue weighted by molar-refractivity contribution is 7.08. The number of ether oxygens (including phenoxy) is 2. The van der Waals surface area contributed by atoms with Crippen LogP contribution < -0.4 is 10.5 Å². The van der Waals surface area contributed by atoms with Gasteiger partial charge < -0.3 is 15.2 Å². The predicted molar refractivity (Wildman–Crippen MR) is 75.0 cm³/mol. The van der Waals surface area contributed by atoms with Crippen LogP contribution >= 0.6 is 11.3 Å². The average Bonchev–Trinajstić information content (AvgIpc) is 2.88. The summed E-state index contributed by atoms with van der Waals surface area (Å²) in [5, 5.41) is 4.22. The highest BCUT2D eigenvalue weighted by atomic mass is 32.1. The van der Waals surface area contributed by atoms with Crippen LogP contribution in [0.4, 0.5) is 0 Å². The molecule has 96 valence electrons. The van der Waals surface area contributed by atoms with Crippen molar-refractivity contribution in [2.45, 2.75) is 6.54 Å². The maximum atomic E-state index is 5.71. The zero-order chi connectivity index (χ0) is 12.8. The molecule has 0 saturated carbocycles. The molecule has 4 heteroatoms. The second-order valence-electron chi connectivity index (χ2n) is 3.88. The number of benzene rings is 1. The molecule has 0 spiro atoms. The van der Waals surface area contributed by atoms with Gasteiger partial charge in [-0.1, -0.05) is 12.1 Å². The molecular formula is C14H17NO2S. The van der Waals surface area contributed by atoms with Crippen molar-refractivity contribution in [2.24, 2.45) is 5.73 Å². The van der Waals surface area contributed by atoms with Crippen molar-refractivity contribution in [3.63, 3.8) is 0 Å². The van der Waals surface area contributed by atoms with Gasteiger partial charge in [-0.2, -0.15) is 11.3 Å². The Kier molecular flexibility index (Phi) is 4.75. The number of thiophene rings is 1. The largest absolute Gasteiger partial charge is 0.491 e. The van der Waals surface area contributed by atoms with Crippen LogP contribution in [0.2, 0.25) is 0 Å². The third-order valence-electron chi connectivity index (χ3n) is 2.68. The summed E-state index contributed by atoms with van der Waals surface area (Å²) in [7, 11) is 1.66. The molecule has 0 aliphatic rings. The minimum Gasteiger partial charge on any atom is -0.491 e. The molecule has 1 heterocycles. The number of rotatable bonds is 6. The number of hydrogen-bond donors (Lipinski definition) is 1. The Bertz CT molecular complexity index is 479. The highest BCUT2D eigenvalue weighted by Gasteiger charge is 2.05. The van der Waals surface area contributed by atoms with Gasteiger partial charge in [-0.05, 0) is 39.6 Å².